The third-order valence-electron chi connectivity index (χ3n) is 5.89. The fraction of sp³-hybridized carbons (Fsp3) is 0.250. The molecule has 0 bridgehead atoms. The van der Waals surface area contributed by atoms with E-state index in [4.69, 9.17) is 4.74 Å². The molecule has 0 aliphatic carbocycles. The van der Waals surface area contributed by atoms with E-state index >= 15 is 0 Å². The standard InChI is InChI=1S/C28H28N2O5S.ClH/c31-26(32)17-30-24-13-7-8-14-25(24)36-19-23(27(30)33)29-22(16-15-20-9-3-1-4-10-20)28(34)35-18-21-11-5-2-6-12-21;/h1-14,22-23,29H,15-19H2,(H,31,32);1H/t22-,23-;/m0./s1. The van der Waals surface area contributed by atoms with Gasteiger partial charge in [-0.1, -0.05) is 72.8 Å². The van der Waals surface area contributed by atoms with Gasteiger partial charge in [0.05, 0.1) is 11.7 Å². The molecular formula is C28H29ClN2O5S. The minimum atomic E-state index is -1.10. The SMILES string of the molecule is Cl.O=C(O)CN1C(=O)[C@@H](N[C@@H](CCc2ccccc2)C(=O)OCc2ccccc2)CSc2ccccc21. The van der Waals surface area contributed by atoms with Crippen LogP contribution in [0.5, 0.6) is 0 Å². The second-order valence-electron chi connectivity index (χ2n) is 8.49. The number of amides is 1. The molecule has 1 heterocycles. The van der Waals surface area contributed by atoms with Gasteiger partial charge in [-0.15, -0.1) is 24.2 Å². The maximum absolute atomic E-state index is 13.5. The Hall–Kier alpha value is -3.33. The minimum absolute atomic E-state index is 0. The summed E-state index contributed by atoms with van der Waals surface area (Å²) in [5.41, 5.74) is 2.50. The molecule has 0 spiro atoms. The van der Waals surface area contributed by atoms with Crippen molar-refractivity contribution in [2.24, 2.45) is 0 Å². The van der Waals surface area contributed by atoms with Crippen LogP contribution in [0.4, 0.5) is 5.69 Å². The van der Waals surface area contributed by atoms with E-state index in [1.165, 1.54) is 16.7 Å². The van der Waals surface area contributed by atoms with Gasteiger partial charge in [-0.25, -0.2) is 0 Å². The fourth-order valence-corrected chi connectivity index (χ4v) is 5.15. The Morgan fingerprint density at radius 3 is 2.27 bits per heavy atom. The summed E-state index contributed by atoms with van der Waals surface area (Å²) in [6.45, 7) is -0.325. The first-order chi connectivity index (χ1) is 17.5. The average Bonchev–Trinajstić information content (AvgIpc) is 3.02. The van der Waals surface area contributed by atoms with Gasteiger partial charge >= 0.3 is 11.9 Å². The predicted octanol–water partition coefficient (Wildman–Crippen LogP) is 4.33. The van der Waals surface area contributed by atoms with Crippen molar-refractivity contribution in [2.45, 2.75) is 36.4 Å². The topological polar surface area (TPSA) is 95.9 Å². The number of carboxylic acid groups (broad SMARTS) is 1. The number of carbonyl (C=O) groups is 3. The quantitative estimate of drug-likeness (QED) is 0.369. The summed E-state index contributed by atoms with van der Waals surface area (Å²) in [6, 6.07) is 25.0. The highest BCUT2D eigenvalue weighted by atomic mass is 35.5. The van der Waals surface area contributed by atoms with E-state index in [0.717, 1.165) is 16.0 Å². The van der Waals surface area contributed by atoms with Crippen molar-refractivity contribution in [1.82, 2.24) is 5.32 Å². The van der Waals surface area contributed by atoms with E-state index in [2.05, 4.69) is 5.32 Å². The number of hydrogen-bond donors (Lipinski definition) is 2. The van der Waals surface area contributed by atoms with E-state index in [1.54, 1.807) is 12.1 Å². The molecule has 1 aliphatic heterocycles. The van der Waals surface area contributed by atoms with E-state index < -0.39 is 30.6 Å². The summed E-state index contributed by atoms with van der Waals surface area (Å²) >= 11 is 1.46. The molecule has 4 rings (SSSR count). The predicted molar refractivity (Wildman–Crippen MR) is 146 cm³/mol. The molecule has 0 saturated heterocycles. The number of hydrogen-bond acceptors (Lipinski definition) is 6. The van der Waals surface area contributed by atoms with Crippen LogP contribution in [0.2, 0.25) is 0 Å². The Morgan fingerprint density at radius 1 is 0.973 bits per heavy atom. The third kappa shape index (κ3) is 7.82. The van der Waals surface area contributed by atoms with E-state index in [-0.39, 0.29) is 24.9 Å². The van der Waals surface area contributed by atoms with Crippen LogP contribution in [0, 0.1) is 0 Å². The first-order valence-corrected chi connectivity index (χ1v) is 12.8. The highest BCUT2D eigenvalue weighted by Crippen LogP contribution is 2.34. The maximum atomic E-state index is 13.5. The van der Waals surface area contributed by atoms with Crippen molar-refractivity contribution < 1.29 is 24.2 Å². The smallest absolute Gasteiger partial charge is 0.323 e. The summed E-state index contributed by atoms with van der Waals surface area (Å²) < 4.78 is 5.61. The zero-order chi connectivity index (χ0) is 25.3. The Bertz CT molecular complexity index is 1200. The highest BCUT2D eigenvalue weighted by Gasteiger charge is 2.35. The lowest BCUT2D eigenvalue weighted by atomic mass is 10.0. The normalized spacial score (nSPS) is 15.6. The Labute approximate surface area is 226 Å². The molecule has 7 nitrogen and oxygen atoms in total. The molecule has 3 aromatic carbocycles. The molecule has 0 fully saturated rings. The number of carboxylic acids is 1. The molecular weight excluding hydrogens is 512 g/mol. The van der Waals surface area contributed by atoms with E-state index in [1.807, 2.05) is 72.8 Å². The lowest BCUT2D eigenvalue weighted by Crippen LogP contribution is -2.54. The summed E-state index contributed by atoms with van der Waals surface area (Å²) in [6.07, 6.45) is 1.05. The Morgan fingerprint density at radius 2 is 1.59 bits per heavy atom. The zero-order valence-corrected chi connectivity index (χ0v) is 21.8. The van der Waals surface area contributed by atoms with Crippen molar-refractivity contribution in [3.05, 3.63) is 96.1 Å². The summed E-state index contributed by atoms with van der Waals surface area (Å²) in [7, 11) is 0. The first kappa shape index (κ1) is 28.2. The minimum Gasteiger partial charge on any atom is -0.480 e. The summed E-state index contributed by atoms with van der Waals surface area (Å²) in [4.78, 5) is 40.3. The lowest BCUT2D eigenvalue weighted by molar-refractivity contribution is -0.148. The number of benzene rings is 3. The van der Waals surface area contributed by atoms with Crippen molar-refractivity contribution in [3.8, 4) is 0 Å². The van der Waals surface area contributed by atoms with Crippen molar-refractivity contribution in [3.63, 3.8) is 0 Å². The van der Waals surface area contributed by atoms with Crippen LogP contribution in [0.15, 0.2) is 89.8 Å². The molecule has 2 atom stereocenters. The van der Waals surface area contributed by atoms with E-state index in [9.17, 15) is 19.5 Å². The number of aryl methyl sites for hydroxylation is 1. The lowest BCUT2D eigenvalue weighted by Gasteiger charge is -2.27. The largest absolute Gasteiger partial charge is 0.480 e. The molecule has 1 aliphatic rings. The second-order valence-corrected chi connectivity index (χ2v) is 9.55. The number of anilines is 1. The number of carbonyl (C=O) groups excluding carboxylic acids is 2. The van der Waals surface area contributed by atoms with Gasteiger partial charge < -0.3 is 9.84 Å². The molecule has 37 heavy (non-hydrogen) atoms. The van der Waals surface area contributed by atoms with Crippen LogP contribution >= 0.6 is 24.2 Å². The molecule has 3 aromatic rings. The number of halogens is 1. The van der Waals surface area contributed by atoms with Gasteiger partial charge in [0.25, 0.3) is 0 Å². The molecule has 0 aromatic heterocycles. The number of aliphatic carboxylic acids is 1. The molecule has 1 amide bonds. The second kappa shape index (κ2) is 13.8. The van der Waals surface area contributed by atoms with Gasteiger partial charge in [0.2, 0.25) is 5.91 Å². The number of thioether (sulfide) groups is 1. The first-order valence-electron chi connectivity index (χ1n) is 11.8. The molecule has 194 valence electrons. The van der Waals surface area contributed by atoms with Gasteiger partial charge in [0.15, 0.2) is 0 Å². The number of esters is 1. The highest BCUT2D eigenvalue weighted by molar-refractivity contribution is 7.99. The summed E-state index contributed by atoms with van der Waals surface area (Å²) in [5.74, 6) is -1.57. The Kier molecular flexibility index (Phi) is 10.6. The number of nitrogens with one attached hydrogen (secondary N) is 1. The maximum Gasteiger partial charge on any atom is 0.323 e. The molecule has 0 unspecified atom stereocenters. The van der Waals surface area contributed by atoms with Crippen LogP contribution in [0.1, 0.15) is 17.5 Å². The number of ether oxygens (including phenoxy) is 1. The van der Waals surface area contributed by atoms with E-state index in [0.29, 0.717) is 24.3 Å². The average molecular weight is 541 g/mol. The van der Waals surface area contributed by atoms with Gasteiger partial charge in [-0.05, 0) is 36.1 Å². The van der Waals surface area contributed by atoms with Crippen LogP contribution in [-0.2, 0) is 32.1 Å². The van der Waals surface area contributed by atoms with Crippen LogP contribution in [0.3, 0.4) is 0 Å². The molecule has 9 heteroatoms. The van der Waals surface area contributed by atoms with Gasteiger partial charge in [-0.2, -0.15) is 0 Å². The third-order valence-corrected chi connectivity index (χ3v) is 7.05. The van der Waals surface area contributed by atoms with Crippen LogP contribution in [0.25, 0.3) is 0 Å². The van der Waals surface area contributed by atoms with Crippen molar-refractivity contribution in [1.29, 1.82) is 0 Å². The van der Waals surface area contributed by atoms with Crippen molar-refractivity contribution in [2.75, 3.05) is 17.2 Å². The molecule has 0 radical (unpaired) electrons. The van der Waals surface area contributed by atoms with Gasteiger partial charge in [0, 0.05) is 10.6 Å². The summed E-state index contributed by atoms with van der Waals surface area (Å²) in [5, 5.41) is 12.7. The fourth-order valence-electron chi connectivity index (χ4n) is 4.07. The molecule has 2 N–H and O–H groups in total. The monoisotopic (exact) mass is 540 g/mol. The molecule has 0 saturated carbocycles. The number of fused-ring (bicyclic) bond motifs is 1. The van der Waals surface area contributed by atoms with Crippen molar-refractivity contribution >= 4 is 47.7 Å². The zero-order valence-electron chi connectivity index (χ0n) is 20.1. The van der Waals surface area contributed by atoms with Gasteiger partial charge in [-0.3, -0.25) is 24.6 Å². The van der Waals surface area contributed by atoms with Crippen LogP contribution < -0.4 is 10.2 Å². The number of rotatable bonds is 10. The van der Waals surface area contributed by atoms with Gasteiger partial charge in [0.1, 0.15) is 19.2 Å². The van der Waals surface area contributed by atoms with Crippen LogP contribution in [-0.4, -0.2) is 47.3 Å². The number of para-hydroxylation sites is 1. The Balaban J connectivity index is 0.00000380. The number of nitrogens with zero attached hydrogens (tertiary/aromatic N) is 1.